The van der Waals surface area contributed by atoms with Crippen LogP contribution in [-0.4, -0.2) is 27.8 Å². The Kier molecular flexibility index (Phi) is 5.75. The molecule has 24 heavy (non-hydrogen) atoms. The quantitative estimate of drug-likeness (QED) is 0.813. The maximum Gasteiger partial charge on any atom is 0.230 e. The van der Waals surface area contributed by atoms with Crippen molar-refractivity contribution < 1.29 is 9.90 Å². The normalized spacial score (nSPS) is 20.5. The van der Waals surface area contributed by atoms with Gasteiger partial charge >= 0.3 is 0 Å². The van der Waals surface area contributed by atoms with Crippen LogP contribution >= 0.6 is 11.8 Å². The first kappa shape index (κ1) is 16.8. The fourth-order valence-corrected chi connectivity index (χ4v) is 3.84. The maximum absolute atomic E-state index is 12.1. The van der Waals surface area contributed by atoms with E-state index in [1.165, 1.54) is 6.20 Å². The average molecular weight is 342 g/mol. The third kappa shape index (κ3) is 4.74. The van der Waals surface area contributed by atoms with E-state index in [2.05, 4.69) is 10.3 Å². The number of thioether (sulfide) groups is 1. The lowest BCUT2D eigenvalue weighted by Crippen LogP contribution is -2.38. The van der Waals surface area contributed by atoms with Crippen LogP contribution in [0.25, 0.3) is 0 Å². The van der Waals surface area contributed by atoms with Crippen LogP contribution in [0.4, 0.5) is 0 Å². The van der Waals surface area contributed by atoms with Crippen molar-refractivity contribution in [2.75, 3.05) is 5.75 Å². The van der Waals surface area contributed by atoms with E-state index in [4.69, 9.17) is 0 Å². The Bertz CT molecular complexity index is 653. The molecule has 0 unspecified atom stereocenters. The zero-order valence-electron chi connectivity index (χ0n) is 13.5. The first-order valence-electron chi connectivity index (χ1n) is 8.33. The van der Waals surface area contributed by atoms with Gasteiger partial charge in [0.1, 0.15) is 5.75 Å². The highest BCUT2D eigenvalue weighted by Crippen LogP contribution is 2.32. The Labute approximate surface area is 146 Å². The molecule has 4 nitrogen and oxygen atoms in total. The topological polar surface area (TPSA) is 62.2 Å². The van der Waals surface area contributed by atoms with Gasteiger partial charge in [-0.3, -0.25) is 9.78 Å². The van der Waals surface area contributed by atoms with Crippen LogP contribution in [0.1, 0.15) is 37.3 Å². The molecule has 0 saturated heterocycles. The fourth-order valence-electron chi connectivity index (χ4n) is 3.11. The van der Waals surface area contributed by atoms with E-state index in [1.54, 1.807) is 17.8 Å². The SMILES string of the molecule is O=C(CSc1ccccc1)N[C@H]1CC[C@H](c2ccc(O)cn2)CC1. The summed E-state index contributed by atoms with van der Waals surface area (Å²) >= 11 is 1.57. The minimum absolute atomic E-state index is 0.107. The smallest absolute Gasteiger partial charge is 0.230 e. The van der Waals surface area contributed by atoms with Gasteiger partial charge in [-0.15, -0.1) is 11.8 Å². The second-order valence-corrected chi connectivity index (χ2v) is 7.21. The lowest BCUT2D eigenvalue weighted by atomic mass is 9.84. The van der Waals surface area contributed by atoms with Crippen LogP contribution < -0.4 is 5.32 Å². The monoisotopic (exact) mass is 342 g/mol. The Morgan fingerprint density at radius 1 is 1.12 bits per heavy atom. The number of rotatable bonds is 5. The fraction of sp³-hybridized carbons (Fsp3) is 0.368. The van der Waals surface area contributed by atoms with Crippen molar-refractivity contribution in [1.29, 1.82) is 0 Å². The lowest BCUT2D eigenvalue weighted by Gasteiger charge is -2.28. The minimum Gasteiger partial charge on any atom is -0.506 e. The number of carbonyl (C=O) groups excluding carboxylic acids is 1. The molecule has 0 spiro atoms. The largest absolute Gasteiger partial charge is 0.506 e. The number of hydrogen-bond acceptors (Lipinski definition) is 4. The van der Waals surface area contributed by atoms with Crippen LogP contribution in [0, 0.1) is 0 Å². The van der Waals surface area contributed by atoms with E-state index >= 15 is 0 Å². The number of aromatic nitrogens is 1. The third-order valence-electron chi connectivity index (χ3n) is 4.39. The number of nitrogens with one attached hydrogen (secondary N) is 1. The van der Waals surface area contributed by atoms with Crippen LogP contribution in [0.15, 0.2) is 53.6 Å². The highest BCUT2D eigenvalue weighted by Gasteiger charge is 2.24. The molecule has 1 saturated carbocycles. The molecule has 3 rings (SSSR count). The lowest BCUT2D eigenvalue weighted by molar-refractivity contribution is -0.119. The summed E-state index contributed by atoms with van der Waals surface area (Å²) in [6.07, 6.45) is 5.51. The number of benzene rings is 1. The van der Waals surface area contributed by atoms with Crippen LogP contribution in [0.3, 0.4) is 0 Å². The average Bonchev–Trinajstić information content (AvgIpc) is 2.62. The number of nitrogens with zero attached hydrogens (tertiary/aromatic N) is 1. The predicted octanol–water partition coefficient (Wildman–Crippen LogP) is 3.72. The van der Waals surface area contributed by atoms with Crippen molar-refractivity contribution in [1.82, 2.24) is 10.3 Å². The standard InChI is InChI=1S/C19H22N2O2S/c22-16-10-11-18(20-12-16)14-6-8-15(9-7-14)21-19(23)13-24-17-4-2-1-3-5-17/h1-5,10-12,14-15,22H,6-9,13H2,(H,21,23)/t14-,15-. The van der Waals surface area contributed by atoms with E-state index in [1.807, 2.05) is 36.4 Å². The summed E-state index contributed by atoms with van der Waals surface area (Å²) in [5, 5.41) is 12.5. The molecule has 1 aromatic carbocycles. The number of carbonyl (C=O) groups is 1. The number of hydrogen-bond donors (Lipinski definition) is 2. The zero-order valence-corrected chi connectivity index (χ0v) is 14.3. The number of aromatic hydroxyl groups is 1. The van der Waals surface area contributed by atoms with Gasteiger partial charge < -0.3 is 10.4 Å². The molecule has 0 bridgehead atoms. The molecule has 2 aromatic rings. The number of pyridine rings is 1. The summed E-state index contributed by atoms with van der Waals surface area (Å²) in [6, 6.07) is 13.8. The van der Waals surface area contributed by atoms with Crippen LogP contribution in [0.2, 0.25) is 0 Å². The molecular formula is C19H22N2O2S. The van der Waals surface area contributed by atoms with Gasteiger partial charge in [-0.05, 0) is 49.9 Å². The molecule has 1 aromatic heterocycles. The van der Waals surface area contributed by atoms with Crippen molar-refractivity contribution in [2.24, 2.45) is 0 Å². The van der Waals surface area contributed by atoms with Crippen LogP contribution in [0.5, 0.6) is 5.75 Å². The summed E-state index contributed by atoms with van der Waals surface area (Å²) in [5.41, 5.74) is 1.04. The van der Waals surface area contributed by atoms with Crippen molar-refractivity contribution in [3.63, 3.8) is 0 Å². The molecule has 1 amide bonds. The van der Waals surface area contributed by atoms with Gasteiger partial charge in [-0.1, -0.05) is 18.2 Å². The molecule has 1 fully saturated rings. The third-order valence-corrected chi connectivity index (χ3v) is 5.41. The molecule has 126 valence electrons. The minimum atomic E-state index is 0.107. The summed E-state index contributed by atoms with van der Waals surface area (Å²) < 4.78 is 0. The summed E-state index contributed by atoms with van der Waals surface area (Å²) in [4.78, 5) is 17.5. The highest BCUT2D eigenvalue weighted by molar-refractivity contribution is 8.00. The van der Waals surface area contributed by atoms with Crippen molar-refractivity contribution in [2.45, 2.75) is 42.5 Å². The molecule has 0 aliphatic heterocycles. The molecule has 0 radical (unpaired) electrons. The van der Waals surface area contributed by atoms with E-state index < -0.39 is 0 Å². The molecular weight excluding hydrogens is 320 g/mol. The van der Waals surface area contributed by atoms with Gasteiger partial charge in [0, 0.05) is 22.5 Å². The molecule has 1 aliphatic carbocycles. The second kappa shape index (κ2) is 8.20. The van der Waals surface area contributed by atoms with Gasteiger partial charge in [0.15, 0.2) is 0 Å². The first-order valence-corrected chi connectivity index (χ1v) is 9.31. The van der Waals surface area contributed by atoms with Crippen molar-refractivity contribution in [3.05, 3.63) is 54.4 Å². The van der Waals surface area contributed by atoms with Crippen molar-refractivity contribution in [3.8, 4) is 5.75 Å². The Hall–Kier alpha value is -2.01. The van der Waals surface area contributed by atoms with Crippen molar-refractivity contribution >= 4 is 17.7 Å². The second-order valence-electron chi connectivity index (χ2n) is 6.16. The zero-order chi connectivity index (χ0) is 16.8. The molecule has 1 aliphatic rings. The number of amides is 1. The van der Waals surface area contributed by atoms with E-state index in [0.717, 1.165) is 36.3 Å². The Morgan fingerprint density at radius 3 is 2.54 bits per heavy atom. The van der Waals surface area contributed by atoms with E-state index in [9.17, 15) is 9.90 Å². The van der Waals surface area contributed by atoms with E-state index in [0.29, 0.717) is 11.7 Å². The highest BCUT2D eigenvalue weighted by atomic mass is 32.2. The molecule has 1 heterocycles. The van der Waals surface area contributed by atoms with E-state index in [-0.39, 0.29) is 17.7 Å². The summed E-state index contributed by atoms with van der Waals surface area (Å²) in [6.45, 7) is 0. The van der Waals surface area contributed by atoms with Crippen LogP contribution in [-0.2, 0) is 4.79 Å². The van der Waals surface area contributed by atoms with Gasteiger partial charge in [-0.2, -0.15) is 0 Å². The van der Waals surface area contributed by atoms with Gasteiger partial charge in [0.05, 0.1) is 11.9 Å². The molecule has 5 heteroatoms. The Balaban J connectivity index is 1.41. The summed E-state index contributed by atoms with van der Waals surface area (Å²) in [5.74, 6) is 1.20. The molecule has 0 atom stereocenters. The first-order chi connectivity index (χ1) is 11.7. The van der Waals surface area contributed by atoms with Gasteiger partial charge in [0.2, 0.25) is 5.91 Å². The molecule has 2 N–H and O–H groups in total. The predicted molar refractivity (Wildman–Crippen MR) is 96.2 cm³/mol. The summed E-state index contributed by atoms with van der Waals surface area (Å²) in [7, 11) is 0. The van der Waals surface area contributed by atoms with Gasteiger partial charge in [-0.25, -0.2) is 0 Å². The Morgan fingerprint density at radius 2 is 1.88 bits per heavy atom. The maximum atomic E-state index is 12.1. The van der Waals surface area contributed by atoms with Gasteiger partial charge in [0.25, 0.3) is 0 Å².